The minimum atomic E-state index is -0.179. The third-order valence-electron chi connectivity index (χ3n) is 1.48. The van der Waals surface area contributed by atoms with Crippen LogP contribution in [0.5, 0.6) is 11.8 Å². The van der Waals surface area contributed by atoms with E-state index < -0.39 is 0 Å². The summed E-state index contributed by atoms with van der Waals surface area (Å²) < 4.78 is 0. The lowest BCUT2D eigenvalue weighted by Gasteiger charge is -1.89. The Morgan fingerprint density at radius 1 is 1.25 bits per heavy atom. The Hall–Kier alpha value is -1.23. The fourth-order valence-electron chi connectivity index (χ4n) is 1.00. The van der Waals surface area contributed by atoms with Gasteiger partial charge in [0.1, 0.15) is 11.3 Å². The molecule has 1 aromatic carbocycles. The summed E-state index contributed by atoms with van der Waals surface area (Å²) in [5, 5.41) is 18.1. The molecule has 0 fully saturated rings. The van der Waals surface area contributed by atoms with E-state index in [1.165, 1.54) is 6.07 Å². The highest BCUT2D eigenvalue weighted by molar-refractivity contribution is 8.93. The smallest absolute Gasteiger partial charge is 0.292 e. The van der Waals surface area contributed by atoms with Gasteiger partial charge in [-0.1, -0.05) is 6.07 Å². The maximum absolute atomic E-state index is 9.19. The zero-order chi connectivity index (χ0) is 7.84. The monoisotopic (exact) mass is 230 g/mol. The van der Waals surface area contributed by atoms with Crippen LogP contribution in [-0.4, -0.2) is 20.2 Å². The van der Waals surface area contributed by atoms with Gasteiger partial charge in [0.15, 0.2) is 0 Å². The van der Waals surface area contributed by atoms with Crippen molar-refractivity contribution in [1.82, 2.24) is 9.97 Å². The van der Waals surface area contributed by atoms with Crippen molar-refractivity contribution < 1.29 is 10.2 Å². The van der Waals surface area contributed by atoms with Gasteiger partial charge < -0.3 is 15.2 Å². The first-order chi connectivity index (χ1) is 5.27. The van der Waals surface area contributed by atoms with E-state index >= 15 is 0 Å². The van der Waals surface area contributed by atoms with Crippen LogP contribution in [0.2, 0.25) is 0 Å². The van der Waals surface area contributed by atoms with E-state index in [2.05, 4.69) is 9.97 Å². The van der Waals surface area contributed by atoms with E-state index in [1.807, 2.05) is 0 Å². The summed E-state index contributed by atoms with van der Waals surface area (Å²) in [6.45, 7) is 0. The molecule has 0 aliphatic heterocycles. The zero-order valence-electron chi connectivity index (χ0n) is 5.98. The van der Waals surface area contributed by atoms with Gasteiger partial charge in [0, 0.05) is 0 Å². The highest BCUT2D eigenvalue weighted by Gasteiger charge is 2.03. The van der Waals surface area contributed by atoms with Gasteiger partial charge >= 0.3 is 0 Å². The van der Waals surface area contributed by atoms with E-state index in [0.29, 0.717) is 11.0 Å². The second kappa shape index (κ2) is 3.02. The number of imidazole rings is 1. The number of hydrogen-bond donors (Lipinski definition) is 3. The molecule has 0 atom stereocenters. The first-order valence-electron chi connectivity index (χ1n) is 3.14. The molecular formula is C7H7BrN2O2. The van der Waals surface area contributed by atoms with Crippen molar-refractivity contribution >= 4 is 28.0 Å². The van der Waals surface area contributed by atoms with Crippen LogP contribution in [-0.2, 0) is 0 Å². The molecule has 5 heteroatoms. The highest BCUT2D eigenvalue weighted by Crippen LogP contribution is 2.23. The van der Waals surface area contributed by atoms with Crippen molar-refractivity contribution in [3.63, 3.8) is 0 Å². The molecule has 0 spiro atoms. The van der Waals surface area contributed by atoms with Gasteiger partial charge in [-0.3, -0.25) is 0 Å². The van der Waals surface area contributed by atoms with Gasteiger partial charge in [0.2, 0.25) is 0 Å². The summed E-state index contributed by atoms with van der Waals surface area (Å²) >= 11 is 0. The number of phenols is 1. The Bertz CT molecular complexity index is 399. The molecule has 0 amide bonds. The number of fused-ring (bicyclic) bond motifs is 1. The van der Waals surface area contributed by atoms with Crippen LogP contribution in [0.1, 0.15) is 0 Å². The third-order valence-corrected chi connectivity index (χ3v) is 1.48. The predicted molar refractivity (Wildman–Crippen MR) is 49.7 cm³/mol. The van der Waals surface area contributed by atoms with Gasteiger partial charge in [-0.15, -0.1) is 17.0 Å². The topological polar surface area (TPSA) is 69.1 Å². The van der Waals surface area contributed by atoms with Crippen LogP contribution >= 0.6 is 17.0 Å². The summed E-state index contributed by atoms with van der Waals surface area (Å²) in [6, 6.07) is 4.74. The first-order valence-corrected chi connectivity index (χ1v) is 3.14. The molecule has 3 N–H and O–H groups in total. The van der Waals surface area contributed by atoms with Gasteiger partial charge in [-0.05, 0) is 12.1 Å². The number of H-pyrrole nitrogens is 1. The number of para-hydroxylation sites is 1. The standard InChI is InChI=1S/C7H6N2O2.BrH/c10-5-3-1-2-4-6(5)9-7(11)8-4;/h1-3,10H,(H2,8,9,11);1H. The number of hydrogen-bond acceptors (Lipinski definition) is 3. The molecule has 0 unspecified atom stereocenters. The summed E-state index contributed by atoms with van der Waals surface area (Å²) in [5.41, 5.74) is 1.02. The van der Waals surface area contributed by atoms with Crippen LogP contribution in [0.25, 0.3) is 11.0 Å². The molecule has 4 nitrogen and oxygen atoms in total. The molecule has 0 radical (unpaired) electrons. The lowest BCUT2D eigenvalue weighted by Crippen LogP contribution is -1.68. The van der Waals surface area contributed by atoms with Gasteiger partial charge in [-0.25, -0.2) is 0 Å². The normalized spacial score (nSPS) is 9.67. The molecule has 1 heterocycles. The number of halogens is 1. The van der Waals surface area contributed by atoms with E-state index in [4.69, 9.17) is 5.11 Å². The number of phenolic OH excluding ortho intramolecular Hbond substituents is 1. The lowest BCUT2D eigenvalue weighted by molar-refractivity contribution is 0.437. The number of aromatic hydroxyl groups is 2. The second-order valence-corrected chi connectivity index (χ2v) is 2.23. The summed E-state index contributed by atoms with van der Waals surface area (Å²) in [6.07, 6.45) is 0. The summed E-state index contributed by atoms with van der Waals surface area (Å²) in [5.74, 6) is 0.0686. The third kappa shape index (κ3) is 1.23. The first kappa shape index (κ1) is 8.86. The molecule has 12 heavy (non-hydrogen) atoms. The van der Waals surface area contributed by atoms with Crippen molar-refractivity contribution in [2.45, 2.75) is 0 Å². The molecule has 2 rings (SSSR count). The van der Waals surface area contributed by atoms with E-state index in [9.17, 15) is 5.11 Å². The van der Waals surface area contributed by atoms with Crippen molar-refractivity contribution in [2.75, 3.05) is 0 Å². The van der Waals surface area contributed by atoms with Crippen molar-refractivity contribution in [2.24, 2.45) is 0 Å². The van der Waals surface area contributed by atoms with Crippen molar-refractivity contribution in [3.8, 4) is 11.8 Å². The number of nitrogens with zero attached hydrogens (tertiary/aromatic N) is 1. The Kier molecular flexibility index (Phi) is 2.23. The largest absolute Gasteiger partial charge is 0.506 e. The molecule has 0 aliphatic carbocycles. The van der Waals surface area contributed by atoms with Crippen LogP contribution in [0.4, 0.5) is 0 Å². The number of rotatable bonds is 0. The molecule has 64 valence electrons. The predicted octanol–water partition coefficient (Wildman–Crippen LogP) is 1.55. The maximum Gasteiger partial charge on any atom is 0.292 e. The second-order valence-electron chi connectivity index (χ2n) is 2.23. The van der Waals surface area contributed by atoms with Crippen LogP contribution < -0.4 is 0 Å². The summed E-state index contributed by atoms with van der Waals surface area (Å²) in [4.78, 5) is 6.25. The SMILES string of the molecule is Br.Oc1nc2c(O)cccc2[nH]1. The number of aromatic nitrogens is 2. The summed E-state index contributed by atoms with van der Waals surface area (Å²) in [7, 11) is 0. The van der Waals surface area contributed by atoms with Gasteiger partial charge in [0.25, 0.3) is 6.01 Å². The van der Waals surface area contributed by atoms with E-state index in [0.717, 1.165) is 0 Å². The number of nitrogens with one attached hydrogen (secondary N) is 1. The fraction of sp³-hybridized carbons (Fsp3) is 0. The van der Waals surface area contributed by atoms with E-state index in [-0.39, 0.29) is 28.7 Å². The van der Waals surface area contributed by atoms with Crippen molar-refractivity contribution in [1.29, 1.82) is 0 Å². The number of aromatic amines is 1. The average molecular weight is 231 g/mol. The van der Waals surface area contributed by atoms with Crippen LogP contribution in [0.15, 0.2) is 18.2 Å². The Morgan fingerprint density at radius 3 is 2.67 bits per heavy atom. The molecule has 2 aromatic rings. The van der Waals surface area contributed by atoms with E-state index in [1.54, 1.807) is 12.1 Å². The minimum absolute atomic E-state index is 0. The molecular weight excluding hydrogens is 224 g/mol. The highest BCUT2D eigenvalue weighted by atomic mass is 79.9. The Labute approximate surface area is 78.6 Å². The molecule has 0 bridgehead atoms. The minimum Gasteiger partial charge on any atom is -0.506 e. The fourth-order valence-corrected chi connectivity index (χ4v) is 1.00. The molecule has 0 aliphatic rings. The molecule has 1 aromatic heterocycles. The van der Waals surface area contributed by atoms with Gasteiger partial charge in [0.05, 0.1) is 5.52 Å². The molecule has 0 saturated carbocycles. The molecule has 0 saturated heterocycles. The van der Waals surface area contributed by atoms with Crippen molar-refractivity contribution in [3.05, 3.63) is 18.2 Å². The Balaban J connectivity index is 0.000000720. The van der Waals surface area contributed by atoms with Gasteiger partial charge in [-0.2, -0.15) is 4.98 Å². The average Bonchev–Trinajstić information content (AvgIpc) is 2.31. The number of benzene rings is 1. The van der Waals surface area contributed by atoms with Crippen LogP contribution in [0, 0.1) is 0 Å². The quantitative estimate of drug-likeness (QED) is 0.644. The zero-order valence-corrected chi connectivity index (χ0v) is 7.70. The Morgan fingerprint density at radius 2 is 2.00 bits per heavy atom. The van der Waals surface area contributed by atoms with Crippen LogP contribution in [0.3, 0.4) is 0 Å². The maximum atomic E-state index is 9.19. The lowest BCUT2D eigenvalue weighted by atomic mass is 10.3.